The molecule has 1 atom stereocenters. The van der Waals surface area contributed by atoms with Gasteiger partial charge in [-0.1, -0.05) is 12.1 Å². The van der Waals surface area contributed by atoms with E-state index in [9.17, 15) is 32.7 Å². The normalized spacial score (nSPS) is 12.0. The first kappa shape index (κ1) is 24.5. The first-order chi connectivity index (χ1) is 14.9. The van der Waals surface area contributed by atoms with Crippen LogP contribution in [0.25, 0.3) is 0 Å². The van der Waals surface area contributed by atoms with Gasteiger partial charge in [-0.25, -0.2) is 17.9 Å². The number of carbonyl (C=O) groups excluding carboxylic acids is 2. The van der Waals surface area contributed by atoms with E-state index in [1.165, 1.54) is 31.2 Å². The molecule has 2 aromatic carbocycles. The van der Waals surface area contributed by atoms with Crippen molar-refractivity contribution < 1.29 is 42.9 Å². The fourth-order valence-corrected chi connectivity index (χ4v) is 3.80. The Kier molecular flexibility index (Phi) is 7.67. The molecule has 0 saturated carbocycles. The maximum absolute atomic E-state index is 12.5. The Bertz CT molecular complexity index is 1160. The number of aromatic carboxylic acids is 1. The molecule has 11 nitrogen and oxygen atoms in total. The third-order valence-electron chi connectivity index (χ3n) is 4.37. The summed E-state index contributed by atoms with van der Waals surface area (Å²) in [6, 6.07) is 6.45. The van der Waals surface area contributed by atoms with E-state index in [4.69, 9.17) is 10.2 Å². The molecule has 0 saturated heterocycles. The molecule has 0 unspecified atom stereocenters. The molecule has 2 aromatic rings. The molecule has 0 bridgehead atoms. The minimum atomic E-state index is -4.11. The molecule has 0 spiro atoms. The average Bonchev–Trinajstić information content (AvgIpc) is 2.73. The number of amides is 1. The fourth-order valence-electron chi connectivity index (χ4n) is 2.67. The summed E-state index contributed by atoms with van der Waals surface area (Å²) in [5.74, 6) is -3.91. The van der Waals surface area contributed by atoms with E-state index >= 15 is 0 Å². The zero-order chi connectivity index (χ0) is 24.1. The lowest BCUT2D eigenvalue weighted by Crippen LogP contribution is -2.37. The highest BCUT2D eigenvalue weighted by atomic mass is 32.2. The Morgan fingerprint density at radius 1 is 1.09 bits per heavy atom. The topological polar surface area (TPSA) is 187 Å². The van der Waals surface area contributed by atoms with Crippen LogP contribution in [0.1, 0.15) is 38.3 Å². The number of benzene rings is 2. The molecule has 0 aromatic heterocycles. The number of carboxylic acid groups (broad SMARTS) is 2. The molecule has 170 valence electrons. The van der Waals surface area contributed by atoms with Crippen molar-refractivity contribution in [1.29, 1.82) is 0 Å². The minimum absolute atomic E-state index is 0.0807. The Labute approximate surface area is 182 Å². The lowest BCUT2D eigenvalue weighted by molar-refractivity contribution is -0.138. The number of rotatable bonds is 10. The van der Waals surface area contributed by atoms with E-state index < -0.39 is 51.6 Å². The van der Waals surface area contributed by atoms with Gasteiger partial charge in [0.1, 0.15) is 17.6 Å². The molecule has 0 fully saturated rings. The van der Waals surface area contributed by atoms with Crippen LogP contribution in [0.3, 0.4) is 0 Å². The molecule has 0 aliphatic heterocycles. The van der Waals surface area contributed by atoms with Crippen LogP contribution in [0.2, 0.25) is 0 Å². The van der Waals surface area contributed by atoms with E-state index in [0.717, 1.165) is 12.1 Å². The number of aryl methyl sites for hydroxylation is 1. The van der Waals surface area contributed by atoms with Crippen molar-refractivity contribution in [3.63, 3.8) is 0 Å². The number of phenols is 1. The third kappa shape index (κ3) is 6.12. The maximum Gasteiger partial charge on any atom is 0.339 e. The summed E-state index contributed by atoms with van der Waals surface area (Å²) < 4.78 is 27.4. The zero-order valence-electron chi connectivity index (χ0n) is 16.7. The molecule has 2 rings (SSSR count). The number of carboxylic acids is 2. The second-order valence-corrected chi connectivity index (χ2v) is 8.54. The summed E-state index contributed by atoms with van der Waals surface area (Å²) in [7, 11) is -4.11. The standard InChI is InChI=1S/C20H20N2O9S/c1-11-6-15(8-16(18(11)26)20(28)29)32(30,31)21-9-12-2-4-13(5-3-12)19(27)22-14(10-23)7-17(24)25/h2-6,8,10,14,21,26H,7,9H2,1H3,(H,22,27)(H,24,25)(H,28,29)/t14-/m0/s1. The first-order valence-corrected chi connectivity index (χ1v) is 10.6. The molecule has 0 aliphatic carbocycles. The van der Waals surface area contributed by atoms with Crippen LogP contribution in [0.15, 0.2) is 41.3 Å². The van der Waals surface area contributed by atoms with Crippen molar-refractivity contribution in [3.05, 3.63) is 58.7 Å². The van der Waals surface area contributed by atoms with Gasteiger partial charge < -0.3 is 25.4 Å². The molecule has 12 heteroatoms. The van der Waals surface area contributed by atoms with Gasteiger partial charge in [0, 0.05) is 12.1 Å². The van der Waals surface area contributed by atoms with Crippen molar-refractivity contribution in [2.24, 2.45) is 0 Å². The van der Waals surface area contributed by atoms with Crippen LogP contribution in [0, 0.1) is 6.92 Å². The summed E-state index contributed by atoms with van der Waals surface area (Å²) >= 11 is 0. The van der Waals surface area contributed by atoms with Gasteiger partial charge in [-0.2, -0.15) is 0 Å². The maximum atomic E-state index is 12.5. The predicted molar refractivity (Wildman–Crippen MR) is 110 cm³/mol. The SMILES string of the molecule is Cc1cc(S(=O)(=O)NCc2ccc(C(=O)N[C@H](C=O)CC(=O)O)cc2)cc(C(=O)O)c1O. The summed E-state index contributed by atoms with van der Waals surface area (Å²) in [4.78, 5) is 44.5. The van der Waals surface area contributed by atoms with E-state index in [2.05, 4.69) is 10.0 Å². The van der Waals surface area contributed by atoms with Crippen molar-refractivity contribution in [2.45, 2.75) is 30.8 Å². The van der Waals surface area contributed by atoms with Crippen LogP contribution < -0.4 is 10.0 Å². The Morgan fingerprint density at radius 2 is 1.72 bits per heavy atom. The monoisotopic (exact) mass is 464 g/mol. The highest BCUT2D eigenvalue weighted by Crippen LogP contribution is 2.26. The Morgan fingerprint density at radius 3 is 2.25 bits per heavy atom. The van der Waals surface area contributed by atoms with Gasteiger partial charge >= 0.3 is 11.9 Å². The number of aldehydes is 1. The number of carbonyl (C=O) groups is 4. The number of hydrogen-bond acceptors (Lipinski definition) is 7. The zero-order valence-corrected chi connectivity index (χ0v) is 17.5. The summed E-state index contributed by atoms with van der Waals surface area (Å²) in [6.07, 6.45) is -0.245. The molecule has 5 N–H and O–H groups in total. The summed E-state index contributed by atoms with van der Waals surface area (Å²) in [5, 5.41) is 29.9. The Balaban J connectivity index is 2.10. The van der Waals surface area contributed by atoms with Gasteiger partial charge in [-0.15, -0.1) is 0 Å². The lowest BCUT2D eigenvalue weighted by Gasteiger charge is -2.12. The lowest BCUT2D eigenvalue weighted by atomic mass is 10.1. The molecular formula is C20H20N2O9S. The van der Waals surface area contributed by atoms with Gasteiger partial charge in [0.05, 0.1) is 17.4 Å². The van der Waals surface area contributed by atoms with Crippen LogP contribution in [-0.2, 0) is 26.2 Å². The summed E-state index contributed by atoms with van der Waals surface area (Å²) in [6.45, 7) is 1.19. The number of hydrogen-bond donors (Lipinski definition) is 5. The first-order valence-electron chi connectivity index (χ1n) is 9.08. The molecule has 32 heavy (non-hydrogen) atoms. The van der Waals surface area contributed by atoms with Gasteiger partial charge in [-0.05, 0) is 42.3 Å². The molecule has 0 aliphatic rings. The molecule has 0 radical (unpaired) electrons. The Hall–Kier alpha value is -3.77. The van der Waals surface area contributed by atoms with Crippen LogP contribution in [0.4, 0.5) is 0 Å². The van der Waals surface area contributed by atoms with Crippen LogP contribution in [0.5, 0.6) is 5.75 Å². The highest BCUT2D eigenvalue weighted by molar-refractivity contribution is 7.89. The van der Waals surface area contributed by atoms with Crippen molar-refractivity contribution in [2.75, 3.05) is 0 Å². The molecular weight excluding hydrogens is 444 g/mol. The van der Waals surface area contributed by atoms with Gasteiger partial charge in [0.2, 0.25) is 10.0 Å². The quantitative estimate of drug-likeness (QED) is 0.315. The highest BCUT2D eigenvalue weighted by Gasteiger charge is 2.21. The van der Waals surface area contributed by atoms with Gasteiger partial charge in [0.25, 0.3) is 5.91 Å². The third-order valence-corrected chi connectivity index (χ3v) is 5.75. The van der Waals surface area contributed by atoms with Crippen LogP contribution in [-0.4, -0.2) is 53.9 Å². The second kappa shape index (κ2) is 10.0. The van der Waals surface area contributed by atoms with Crippen molar-refractivity contribution in [3.8, 4) is 5.75 Å². The summed E-state index contributed by atoms with van der Waals surface area (Å²) in [5.41, 5.74) is 0.139. The van der Waals surface area contributed by atoms with E-state index in [0.29, 0.717) is 11.8 Å². The van der Waals surface area contributed by atoms with Crippen LogP contribution >= 0.6 is 0 Å². The fraction of sp³-hybridized carbons (Fsp3) is 0.200. The van der Waals surface area contributed by atoms with E-state index in [1.54, 1.807) is 0 Å². The van der Waals surface area contributed by atoms with Gasteiger partial charge in [-0.3, -0.25) is 9.59 Å². The second-order valence-electron chi connectivity index (χ2n) is 6.78. The molecule has 0 heterocycles. The van der Waals surface area contributed by atoms with Gasteiger partial charge in [0.15, 0.2) is 0 Å². The smallest absolute Gasteiger partial charge is 0.339 e. The predicted octanol–water partition coefficient (Wildman–Crippen LogP) is 0.649. The number of aromatic hydroxyl groups is 1. The minimum Gasteiger partial charge on any atom is -0.507 e. The van der Waals surface area contributed by atoms with Crippen molar-refractivity contribution >= 4 is 34.2 Å². The largest absolute Gasteiger partial charge is 0.507 e. The van der Waals surface area contributed by atoms with E-state index in [-0.39, 0.29) is 22.6 Å². The van der Waals surface area contributed by atoms with Crippen molar-refractivity contribution in [1.82, 2.24) is 10.0 Å². The number of nitrogens with one attached hydrogen (secondary N) is 2. The average molecular weight is 464 g/mol. The number of sulfonamides is 1. The number of aliphatic carboxylic acids is 1. The molecule has 1 amide bonds. The van der Waals surface area contributed by atoms with E-state index in [1.807, 2.05) is 0 Å².